The molecule has 1 aromatic heterocycles. The zero-order valence-corrected chi connectivity index (χ0v) is 17.5. The normalized spacial score (nSPS) is 11.4. The first-order valence-corrected chi connectivity index (χ1v) is 9.85. The Kier molecular flexibility index (Phi) is 7.54. The summed E-state index contributed by atoms with van der Waals surface area (Å²) in [6, 6.07) is 10.4. The van der Waals surface area contributed by atoms with E-state index < -0.39 is 11.4 Å². The Morgan fingerprint density at radius 2 is 1.79 bits per heavy atom. The Hall–Kier alpha value is -2.44. The Morgan fingerprint density at radius 1 is 1.11 bits per heavy atom. The molecule has 0 aliphatic heterocycles. The van der Waals surface area contributed by atoms with Crippen LogP contribution in [0.15, 0.2) is 42.5 Å². The van der Waals surface area contributed by atoms with Crippen LogP contribution in [-0.2, 0) is 20.9 Å². The number of ether oxygens (including phenoxy) is 1. The van der Waals surface area contributed by atoms with Gasteiger partial charge in [-0.2, -0.15) is 0 Å². The molecule has 2 aromatic rings. The van der Waals surface area contributed by atoms with E-state index in [-0.39, 0.29) is 18.3 Å². The lowest BCUT2D eigenvalue weighted by atomic mass is 9.96. The highest BCUT2D eigenvalue weighted by molar-refractivity contribution is 7.14. The maximum atomic E-state index is 12.2. The molecule has 0 saturated carbocycles. The Labute approximate surface area is 173 Å². The Bertz CT molecular complexity index is 879. The largest absolute Gasteiger partial charge is 0.454 e. The number of amides is 1. The zero-order chi connectivity index (χ0) is 20.7. The van der Waals surface area contributed by atoms with Gasteiger partial charge in [0.15, 0.2) is 6.61 Å². The van der Waals surface area contributed by atoms with Gasteiger partial charge in [0.25, 0.3) is 0 Å². The van der Waals surface area contributed by atoms with Crippen LogP contribution in [0.2, 0.25) is 5.02 Å². The van der Waals surface area contributed by atoms with Gasteiger partial charge in [-0.15, -0.1) is 11.3 Å². The van der Waals surface area contributed by atoms with Crippen LogP contribution >= 0.6 is 22.9 Å². The summed E-state index contributed by atoms with van der Waals surface area (Å²) in [6.45, 7) is 5.53. The van der Waals surface area contributed by atoms with Crippen molar-refractivity contribution < 1.29 is 19.1 Å². The van der Waals surface area contributed by atoms with Gasteiger partial charge >= 0.3 is 5.97 Å². The summed E-state index contributed by atoms with van der Waals surface area (Å²) >= 11 is 7.07. The number of rotatable bonds is 7. The first kappa shape index (κ1) is 21.9. The molecule has 0 aliphatic rings. The highest BCUT2D eigenvalue weighted by Crippen LogP contribution is 2.19. The van der Waals surface area contributed by atoms with Crippen molar-refractivity contribution in [2.45, 2.75) is 27.3 Å². The second-order valence-electron chi connectivity index (χ2n) is 7.11. The fraction of sp³-hybridized carbons (Fsp3) is 0.286. The molecule has 7 heteroatoms. The lowest BCUT2D eigenvalue weighted by molar-refractivity contribution is -0.136. The highest BCUT2D eigenvalue weighted by Gasteiger charge is 2.21. The fourth-order valence-corrected chi connectivity index (χ4v) is 3.05. The number of benzene rings is 1. The molecule has 0 bridgehead atoms. The molecular formula is C21H22ClNO4S. The predicted octanol–water partition coefficient (Wildman–Crippen LogP) is 4.50. The molecule has 0 unspecified atom stereocenters. The predicted molar refractivity (Wildman–Crippen MR) is 111 cm³/mol. The summed E-state index contributed by atoms with van der Waals surface area (Å²) in [5.74, 6) is -0.945. The molecule has 0 aliphatic carbocycles. The van der Waals surface area contributed by atoms with E-state index in [4.69, 9.17) is 16.3 Å². The van der Waals surface area contributed by atoms with E-state index in [2.05, 4.69) is 5.32 Å². The molecule has 28 heavy (non-hydrogen) atoms. The van der Waals surface area contributed by atoms with E-state index in [1.807, 2.05) is 20.8 Å². The summed E-state index contributed by atoms with van der Waals surface area (Å²) in [4.78, 5) is 37.2. The van der Waals surface area contributed by atoms with Crippen molar-refractivity contribution in [1.82, 2.24) is 5.32 Å². The third-order valence-corrected chi connectivity index (χ3v) is 5.05. The summed E-state index contributed by atoms with van der Waals surface area (Å²) in [5.41, 5.74) is 0.330. The maximum absolute atomic E-state index is 12.2. The summed E-state index contributed by atoms with van der Waals surface area (Å²) < 4.78 is 4.99. The molecular weight excluding hydrogens is 398 g/mol. The molecule has 5 nitrogen and oxygen atoms in total. The molecule has 1 amide bonds. The van der Waals surface area contributed by atoms with Gasteiger partial charge < -0.3 is 10.1 Å². The van der Waals surface area contributed by atoms with Gasteiger partial charge in [-0.25, -0.2) is 4.79 Å². The molecule has 1 heterocycles. The summed E-state index contributed by atoms with van der Waals surface area (Å²) in [5, 5.41) is 3.44. The van der Waals surface area contributed by atoms with Crippen LogP contribution in [0, 0.1) is 5.41 Å². The summed E-state index contributed by atoms with van der Waals surface area (Å²) in [6.07, 6.45) is 2.85. The number of carbonyl (C=O) groups excluding carboxylic acids is 3. The Morgan fingerprint density at radius 3 is 2.43 bits per heavy atom. The van der Waals surface area contributed by atoms with E-state index in [0.29, 0.717) is 16.4 Å². The number of nitrogens with one attached hydrogen (secondary N) is 1. The van der Waals surface area contributed by atoms with Crippen molar-refractivity contribution in [2.24, 2.45) is 5.41 Å². The number of hydrogen-bond donors (Lipinski definition) is 1. The molecule has 0 spiro atoms. The van der Waals surface area contributed by atoms with E-state index in [1.165, 1.54) is 17.4 Å². The molecule has 1 aromatic carbocycles. The van der Waals surface area contributed by atoms with Gasteiger partial charge in [0, 0.05) is 21.4 Å². The average molecular weight is 420 g/mol. The smallest absolute Gasteiger partial charge is 0.331 e. The van der Waals surface area contributed by atoms with Gasteiger partial charge in [-0.3, -0.25) is 9.59 Å². The first-order valence-electron chi connectivity index (χ1n) is 8.66. The van der Waals surface area contributed by atoms with Crippen molar-refractivity contribution in [1.29, 1.82) is 0 Å². The van der Waals surface area contributed by atoms with Crippen molar-refractivity contribution in [2.75, 3.05) is 6.61 Å². The minimum Gasteiger partial charge on any atom is -0.454 e. The lowest BCUT2D eigenvalue weighted by Gasteiger charge is -2.17. The van der Waals surface area contributed by atoms with Crippen LogP contribution in [0.4, 0.5) is 0 Å². The van der Waals surface area contributed by atoms with Crippen molar-refractivity contribution >= 4 is 46.7 Å². The summed E-state index contributed by atoms with van der Waals surface area (Å²) in [7, 11) is 0. The molecule has 0 saturated heterocycles. The fourth-order valence-electron chi connectivity index (χ4n) is 2.05. The quantitative estimate of drug-likeness (QED) is 0.407. The van der Waals surface area contributed by atoms with Crippen LogP contribution in [0.25, 0.3) is 6.08 Å². The number of ketones is 1. The van der Waals surface area contributed by atoms with Crippen LogP contribution < -0.4 is 5.32 Å². The van der Waals surface area contributed by atoms with E-state index >= 15 is 0 Å². The third kappa shape index (κ3) is 6.94. The number of carbonyl (C=O) groups is 3. The second kappa shape index (κ2) is 9.66. The Balaban J connectivity index is 1.81. The van der Waals surface area contributed by atoms with E-state index in [9.17, 15) is 14.4 Å². The number of Topliss-reactive ketones (excluding diaryl/α,β-unsaturated/α-hetero) is 1. The molecule has 0 atom stereocenters. The highest BCUT2D eigenvalue weighted by atomic mass is 35.5. The van der Waals surface area contributed by atoms with Gasteiger partial charge in [0.05, 0.1) is 11.4 Å². The van der Waals surface area contributed by atoms with Crippen molar-refractivity contribution in [3.63, 3.8) is 0 Å². The van der Waals surface area contributed by atoms with Gasteiger partial charge in [-0.05, 0) is 35.9 Å². The number of esters is 1. The van der Waals surface area contributed by atoms with Crippen molar-refractivity contribution in [3.05, 3.63) is 62.8 Å². The molecule has 2 rings (SSSR count). The number of thiophene rings is 1. The molecule has 0 radical (unpaired) electrons. The molecule has 1 N–H and O–H groups in total. The SMILES string of the molecule is CC(C)(C)C(=O)NCc1ccc(C(=O)COC(=O)/C=C/c2ccc(Cl)cc2)s1. The molecule has 0 fully saturated rings. The van der Waals surface area contributed by atoms with Crippen LogP contribution in [0.5, 0.6) is 0 Å². The van der Waals surface area contributed by atoms with Gasteiger partial charge in [-0.1, -0.05) is 44.5 Å². The van der Waals surface area contributed by atoms with Gasteiger partial charge in [0.1, 0.15) is 0 Å². The minimum atomic E-state index is -0.600. The third-order valence-electron chi connectivity index (χ3n) is 3.67. The maximum Gasteiger partial charge on any atom is 0.331 e. The zero-order valence-electron chi connectivity index (χ0n) is 16.0. The monoisotopic (exact) mass is 419 g/mol. The first-order chi connectivity index (χ1) is 13.1. The van der Waals surface area contributed by atoms with Crippen molar-refractivity contribution in [3.8, 4) is 0 Å². The second-order valence-corrected chi connectivity index (χ2v) is 8.72. The van der Waals surface area contributed by atoms with Gasteiger partial charge in [0.2, 0.25) is 11.7 Å². The van der Waals surface area contributed by atoms with Crippen LogP contribution in [-0.4, -0.2) is 24.3 Å². The minimum absolute atomic E-state index is 0.0600. The topological polar surface area (TPSA) is 72.5 Å². The van der Waals surface area contributed by atoms with Crippen LogP contribution in [0.3, 0.4) is 0 Å². The molecule has 148 valence electrons. The number of halogens is 1. The van der Waals surface area contributed by atoms with E-state index in [0.717, 1.165) is 10.4 Å². The number of hydrogen-bond acceptors (Lipinski definition) is 5. The lowest BCUT2D eigenvalue weighted by Crippen LogP contribution is -2.34. The average Bonchev–Trinajstić information content (AvgIpc) is 3.12. The standard InChI is InChI=1S/C21H22ClNO4S/c1-21(2,3)20(26)23-12-16-9-10-18(28-16)17(24)13-27-19(25)11-6-14-4-7-15(22)8-5-14/h4-11H,12-13H2,1-3H3,(H,23,26)/b11-6+. The van der Waals surface area contributed by atoms with E-state index in [1.54, 1.807) is 42.5 Å². The van der Waals surface area contributed by atoms with Crippen LogP contribution in [0.1, 0.15) is 40.9 Å².